The van der Waals surface area contributed by atoms with Gasteiger partial charge in [0.1, 0.15) is 0 Å². The number of nitrogens with zero attached hydrogens (tertiary/aromatic N) is 4. The molecule has 0 radical (unpaired) electrons. The molecule has 0 aliphatic heterocycles. The largest absolute Gasteiger partial charge is 0.478 e. The van der Waals surface area contributed by atoms with Gasteiger partial charge in [-0.15, -0.1) is 0 Å². The van der Waals surface area contributed by atoms with Crippen LogP contribution >= 0.6 is 0 Å². The minimum absolute atomic E-state index is 0.0811. The number of fused-ring (bicyclic) bond motifs is 2. The van der Waals surface area contributed by atoms with Crippen LogP contribution in [0.15, 0.2) is 143 Å². The molecule has 2 aliphatic carbocycles. The summed E-state index contributed by atoms with van der Waals surface area (Å²) in [5.74, 6) is -0.112. The van der Waals surface area contributed by atoms with Crippen LogP contribution in [0.5, 0.6) is 0 Å². The summed E-state index contributed by atoms with van der Waals surface area (Å²) in [5, 5.41) is 9.70. The maximum absolute atomic E-state index is 12.9. The van der Waals surface area contributed by atoms with Gasteiger partial charge in [0.15, 0.2) is 0 Å². The van der Waals surface area contributed by atoms with Crippen LogP contribution in [0.3, 0.4) is 0 Å². The molecule has 0 saturated heterocycles. The first-order valence-corrected chi connectivity index (χ1v) is 20.7. The van der Waals surface area contributed by atoms with E-state index in [4.69, 9.17) is 4.74 Å². The van der Waals surface area contributed by atoms with E-state index < -0.39 is 5.97 Å². The summed E-state index contributed by atoms with van der Waals surface area (Å²) in [7, 11) is 4.98. The molecule has 2 aliphatic rings. The van der Waals surface area contributed by atoms with Crippen molar-refractivity contribution in [2.75, 3.05) is 7.11 Å². The highest BCUT2D eigenvalue weighted by Gasteiger charge is 2.27. The van der Waals surface area contributed by atoms with E-state index in [1.54, 1.807) is 32.4 Å². The van der Waals surface area contributed by atoms with Crippen molar-refractivity contribution in [2.24, 2.45) is 14.1 Å². The fraction of sp³-hybridized carbons (Fsp3) is 0.216. The van der Waals surface area contributed by atoms with Gasteiger partial charge in [-0.3, -0.25) is 18.3 Å². The highest BCUT2D eigenvalue weighted by Crippen LogP contribution is 2.41. The molecule has 8 aromatic rings. The molecule has 61 heavy (non-hydrogen) atoms. The van der Waals surface area contributed by atoms with Crippen molar-refractivity contribution in [3.8, 4) is 11.4 Å². The van der Waals surface area contributed by atoms with Crippen molar-refractivity contribution in [3.05, 3.63) is 199 Å². The molecule has 0 atom stereocenters. The smallest absolute Gasteiger partial charge is 0.338 e. The van der Waals surface area contributed by atoms with Crippen molar-refractivity contribution in [1.29, 1.82) is 0 Å². The molecule has 10 nitrogen and oxygen atoms in total. The van der Waals surface area contributed by atoms with Gasteiger partial charge in [0.25, 0.3) is 0 Å². The van der Waals surface area contributed by atoms with Crippen LogP contribution in [0.25, 0.3) is 33.4 Å². The van der Waals surface area contributed by atoms with Gasteiger partial charge in [0.2, 0.25) is 0 Å². The van der Waals surface area contributed by atoms with Crippen molar-refractivity contribution in [2.45, 2.75) is 50.4 Å². The SMILES string of the molecule is COC(=O)c1cc(C2CC2)ccc1Cc1ccc2c(c1)n(C)c(=O)n2-c1ccccc1.Cn1c(=O)n(-c2ccccc2)c2ccc(Cc3ccc(C4CC4)cc3C(=O)O)cc21. The Kier molecular flexibility index (Phi) is 10.4. The Morgan fingerprint density at radius 2 is 0.984 bits per heavy atom. The van der Waals surface area contributed by atoms with Crippen molar-refractivity contribution < 1.29 is 19.4 Å². The summed E-state index contributed by atoms with van der Waals surface area (Å²) in [6.07, 6.45) is 5.75. The van der Waals surface area contributed by atoms with E-state index in [1.165, 1.54) is 25.5 Å². The van der Waals surface area contributed by atoms with Crippen LogP contribution in [-0.2, 0) is 31.7 Å². The van der Waals surface area contributed by atoms with Gasteiger partial charge in [0, 0.05) is 14.1 Å². The number of carboxylic acids is 1. The molecular weight excluding hydrogens is 765 g/mol. The summed E-state index contributed by atoms with van der Waals surface area (Å²) in [6.45, 7) is 0. The molecule has 0 amide bonds. The van der Waals surface area contributed by atoms with E-state index in [2.05, 4.69) is 12.1 Å². The number of aromatic carboxylic acids is 1. The standard InChI is InChI=1S/C26H24N2O3.C25H22N2O3/c1-27-24-15-17(8-13-23(24)28(26(27)30)21-6-4-3-5-7-21)14-20-12-11-19(18-9-10-18)16-22(20)25(29)31-2;1-26-23-14-16(7-12-22(23)27(25(26)30)20-5-3-2-4-6-20)13-19-11-10-18(17-8-9-17)15-21(19)24(28)29/h3-8,11-13,15-16,18H,9-10,14H2,1-2H3;2-7,10-12,14-15,17H,8-9,13H2,1H3,(H,28,29). The fourth-order valence-corrected chi connectivity index (χ4v) is 8.42. The third-order valence-corrected chi connectivity index (χ3v) is 12.1. The number of carbonyl (C=O) groups excluding carboxylic acids is 1. The van der Waals surface area contributed by atoms with E-state index >= 15 is 0 Å². The first kappa shape index (κ1) is 39.3. The Morgan fingerprint density at radius 3 is 1.39 bits per heavy atom. The molecule has 6 aromatic carbocycles. The topological polar surface area (TPSA) is 117 Å². The molecule has 2 heterocycles. The van der Waals surface area contributed by atoms with Crippen LogP contribution in [0.2, 0.25) is 0 Å². The summed E-state index contributed by atoms with van der Waals surface area (Å²) >= 11 is 0. The molecule has 10 rings (SSSR count). The van der Waals surface area contributed by atoms with Crippen LogP contribution in [0, 0.1) is 0 Å². The molecule has 1 N–H and O–H groups in total. The molecule has 2 fully saturated rings. The number of rotatable bonds is 10. The third-order valence-electron chi connectivity index (χ3n) is 12.1. The molecule has 2 saturated carbocycles. The second-order valence-electron chi connectivity index (χ2n) is 16.2. The van der Waals surface area contributed by atoms with E-state index in [-0.39, 0.29) is 17.3 Å². The number of carbonyl (C=O) groups is 2. The van der Waals surface area contributed by atoms with Crippen molar-refractivity contribution >= 4 is 34.0 Å². The lowest BCUT2D eigenvalue weighted by Gasteiger charge is -2.11. The van der Waals surface area contributed by atoms with Gasteiger partial charge in [-0.25, -0.2) is 19.2 Å². The van der Waals surface area contributed by atoms with Crippen molar-refractivity contribution in [3.63, 3.8) is 0 Å². The number of para-hydroxylation sites is 2. The predicted molar refractivity (Wildman–Crippen MR) is 238 cm³/mol. The van der Waals surface area contributed by atoms with Gasteiger partial charge in [0.05, 0.1) is 51.7 Å². The number of hydrogen-bond donors (Lipinski definition) is 1. The zero-order chi connectivity index (χ0) is 42.4. The summed E-state index contributed by atoms with van der Waals surface area (Å²) < 4.78 is 11.8. The number of aromatic nitrogens is 4. The maximum atomic E-state index is 12.9. The van der Waals surface area contributed by atoms with Crippen LogP contribution in [0.4, 0.5) is 0 Å². The molecule has 2 aromatic heterocycles. The average Bonchev–Trinajstić information content (AvgIpc) is 4.23. The normalized spacial score (nSPS) is 13.6. The second kappa shape index (κ2) is 16.1. The number of imidazole rings is 2. The minimum atomic E-state index is -0.892. The third kappa shape index (κ3) is 7.73. The summed E-state index contributed by atoms with van der Waals surface area (Å²) in [5.41, 5.74) is 11.9. The number of hydrogen-bond acceptors (Lipinski definition) is 5. The summed E-state index contributed by atoms with van der Waals surface area (Å²) in [4.78, 5) is 50.0. The number of methoxy groups -OCH3 is 1. The Labute approximate surface area is 352 Å². The zero-order valence-electron chi connectivity index (χ0n) is 34.4. The van der Waals surface area contributed by atoms with Crippen LogP contribution in [0.1, 0.15) is 91.6 Å². The summed E-state index contributed by atoms with van der Waals surface area (Å²) in [6, 6.07) is 43.1. The predicted octanol–water partition coefficient (Wildman–Crippen LogP) is 9.08. The lowest BCUT2D eigenvalue weighted by molar-refractivity contribution is 0.0598. The number of aryl methyl sites for hydroxylation is 2. The molecule has 306 valence electrons. The Hall–Kier alpha value is -7.20. The zero-order valence-corrected chi connectivity index (χ0v) is 34.4. The highest BCUT2D eigenvalue weighted by molar-refractivity contribution is 5.92. The fourth-order valence-electron chi connectivity index (χ4n) is 8.42. The second-order valence-corrected chi connectivity index (χ2v) is 16.2. The quantitative estimate of drug-likeness (QED) is 0.138. The van der Waals surface area contributed by atoms with Gasteiger partial charge in [-0.05, 0) is 144 Å². The van der Waals surface area contributed by atoms with Gasteiger partial charge in [-0.1, -0.05) is 72.8 Å². The van der Waals surface area contributed by atoms with E-state index in [1.807, 2.05) is 121 Å². The first-order chi connectivity index (χ1) is 29.6. The molecule has 0 unspecified atom stereocenters. The highest BCUT2D eigenvalue weighted by atomic mass is 16.5. The van der Waals surface area contributed by atoms with Crippen LogP contribution in [-0.4, -0.2) is 42.4 Å². The van der Waals surface area contributed by atoms with E-state index in [0.717, 1.165) is 74.1 Å². The monoisotopic (exact) mass is 810 g/mol. The van der Waals surface area contributed by atoms with Crippen LogP contribution < -0.4 is 11.4 Å². The van der Waals surface area contributed by atoms with E-state index in [9.17, 15) is 24.3 Å². The number of esters is 1. The van der Waals surface area contributed by atoms with Crippen molar-refractivity contribution in [1.82, 2.24) is 18.3 Å². The number of ether oxygens (including phenoxy) is 1. The van der Waals surface area contributed by atoms with E-state index in [0.29, 0.717) is 35.8 Å². The molecule has 0 bridgehead atoms. The molecule has 0 spiro atoms. The lowest BCUT2D eigenvalue weighted by Crippen LogP contribution is -2.20. The first-order valence-electron chi connectivity index (χ1n) is 20.7. The Morgan fingerprint density at radius 1 is 0.557 bits per heavy atom. The van der Waals surface area contributed by atoms with Gasteiger partial charge >= 0.3 is 23.3 Å². The average molecular weight is 811 g/mol. The van der Waals surface area contributed by atoms with Gasteiger partial charge < -0.3 is 9.84 Å². The molecular formula is C51H46N4O6. The Balaban J connectivity index is 0.000000156. The lowest BCUT2D eigenvalue weighted by atomic mass is 9.96. The maximum Gasteiger partial charge on any atom is 0.338 e. The number of carboxylic acid groups (broad SMARTS) is 1. The Bertz CT molecular complexity index is 3090. The van der Waals surface area contributed by atoms with Gasteiger partial charge in [-0.2, -0.15) is 0 Å². The number of benzene rings is 6. The molecule has 10 heteroatoms. The minimum Gasteiger partial charge on any atom is -0.478 e.